The molecule has 164 valence electrons. The zero-order valence-corrected chi connectivity index (χ0v) is 18.3. The van der Waals surface area contributed by atoms with Crippen LogP contribution in [0.4, 0.5) is 9.18 Å². The number of aromatic nitrogens is 2. The van der Waals surface area contributed by atoms with E-state index in [2.05, 4.69) is 11.2 Å². The summed E-state index contributed by atoms with van der Waals surface area (Å²) in [5.74, 6) is -1.34. The number of hydrogen-bond donors (Lipinski definition) is 2. The molecule has 0 bridgehead atoms. The predicted octanol–water partition coefficient (Wildman–Crippen LogP) is 3.77. The largest absolute Gasteiger partial charge is 0.365 e. The first kappa shape index (κ1) is 22.6. The maximum absolute atomic E-state index is 13.7. The van der Waals surface area contributed by atoms with Gasteiger partial charge in [0.05, 0.1) is 34.4 Å². The number of fused-ring (bicyclic) bond motifs is 1. The summed E-state index contributed by atoms with van der Waals surface area (Å²) in [6, 6.07) is 4.49. The third kappa shape index (κ3) is 4.08. The van der Waals surface area contributed by atoms with Gasteiger partial charge in [0.15, 0.2) is 0 Å². The third-order valence-corrected chi connectivity index (χ3v) is 5.69. The standard InChI is InChI=1S/C21H24ClFN6O2/c1-21(2,3)18-17-15(19(25)30)16(11-6-7-14(23)13(22)9-11)27-29(17)12(5-4-8-24)10-28(18)20(26)31/h6-7,9,12,18H,4-5,10H2,1-3H3,(H2,25,30)(H2,26,31). The Morgan fingerprint density at radius 3 is 2.55 bits per heavy atom. The van der Waals surface area contributed by atoms with Crippen molar-refractivity contribution in [1.29, 1.82) is 5.26 Å². The molecule has 1 aromatic heterocycles. The lowest BCUT2D eigenvalue weighted by Crippen LogP contribution is -2.51. The number of urea groups is 1. The van der Waals surface area contributed by atoms with Crippen LogP contribution in [0.3, 0.4) is 0 Å². The Morgan fingerprint density at radius 1 is 1.35 bits per heavy atom. The van der Waals surface area contributed by atoms with Gasteiger partial charge in [-0.25, -0.2) is 9.18 Å². The number of amides is 3. The normalized spacial score (nSPS) is 18.4. The van der Waals surface area contributed by atoms with Crippen molar-refractivity contribution in [3.8, 4) is 17.3 Å². The molecule has 0 spiro atoms. The van der Waals surface area contributed by atoms with Crippen LogP contribution in [0.2, 0.25) is 5.02 Å². The average Bonchev–Trinajstić information content (AvgIpc) is 3.07. The maximum atomic E-state index is 13.7. The van der Waals surface area contributed by atoms with Crippen LogP contribution in [0.1, 0.15) is 61.7 Å². The molecule has 2 aromatic rings. The molecule has 2 unspecified atom stereocenters. The van der Waals surface area contributed by atoms with E-state index >= 15 is 0 Å². The van der Waals surface area contributed by atoms with E-state index in [1.165, 1.54) is 23.1 Å². The van der Waals surface area contributed by atoms with Crippen LogP contribution in [0, 0.1) is 22.6 Å². The molecule has 0 saturated heterocycles. The molecular weight excluding hydrogens is 423 g/mol. The molecule has 4 N–H and O–H groups in total. The van der Waals surface area contributed by atoms with E-state index in [0.29, 0.717) is 17.7 Å². The Labute approximate surface area is 184 Å². The second-order valence-corrected chi connectivity index (χ2v) is 9.06. The quantitative estimate of drug-likeness (QED) is 0.739. The van der Waals surface area contributed by atoms with Crippen LogP contribution < -0.4 is 11.5 Å². The SMILES string of the molecule is CC(C)(C)C1c2c(C(N)=O)c(-c3ccc(F)c(Cl)c3)nn2C(CCC#N)CN1C(N)=O. The molecule has 1 aromatic carbocycles. The van der Waals surface area contributed by atoms with Crippen molar-refractivity contribution in [2.45, 2.75) is 45.7 Å². The summed E-state index contributed by atoms with van der Waals surface area (Å²) in [4.78, 5) is 26.5. The van der Waals surface area contributed by atoms with Crippen molar-refractivity contribution >= 4 is 23.5 Å². The summed E-state index contributed by atoms with van der Waals surface area (Å²) in [6.45, 7) is 5.98. The van der Waals surface area contributed by atoms with Crippen LogP contribution in [0.5, 0.6) is 0 Å². The first-order chi connectivity index (χ1) is 14.5. The first-order valence-corrected chi connectivity index (χ1v) is 10.2. The first-order valence-electron chi connectivity index (χ1n) is 9.78. The minimum absolute atomic E-state index is 0.119. The van der Waals surface area contributed by atoms with Crippen LogP contribution in [-0.2, 0) is 0 Å². The van der Waals surface area contributed by atoms with Crippen LogP contribution in [0.25, 0.3) is 11.3 Å². The maximum Gasteiger partial charge on any atom is 0.315 e. The lowest BCUT2D eigenvalue weighted by molar-refractivity contribution is 0.0744. The summed E-state index contributed by atoms with van der Waals surface area (Å²) < 4.78 is 15.4. The molecule has 10 heteroatoms. The van der Waals surface area contributed by atoms with E-state index in [0.717, 1.165) is 0 Å². The van der Waals surface area contributed by atoms with Gasteiger partial charge in [0.1, 0.15) is 11.5 Å². The molecule has 0 aliphatic carbocycles. The molecule has 0 fully saturated rings. The molecule has 8 nitrogen and oxygen atoms in total. The highest BCUT2D eigenvalue weighted by Gasteiger charge is 2.45. The molecule has 2 heterocycles. The summed E-state index contributed by atoms with van der Waals surface area (Å²) >= 11 is 5.95. The lowest BCUT2D eigenvalue weighted by Gasteiger charge is -2.45. The number of halogens is 2. The third-order valence-electron chi connectivity index (χ3n) is 5.40. The molecule has 0 saturated carbocycles. The van der Waals surface area contributed by atoms with Crippen molar-refractivity contribution in [2.24, 2.45) is 16.9 Å². The summed E-state index contributed by atoms with van der Waals surface area (Å²) in [7, 11) is 0. The number of rotatable bonds is 4. The molecule has 1 aliphatic heterocycles. The van der Waals surface area contributed by atoms with E-state index in [9.17, 15) is 14.0 Å². The van der Waals surface area contributed by atoms with Gasteiger partial charge in [0.2, 0.25) is 0 Å². The van der Waals surface area contributed by atoms with Crippen molar-refractivity contribution in [1.82, 2.24) is 14.7 Å². The number of primary amides is 2. The Kier molecular flexibility index (Phi) is 5.96. The molecule has 31 heavy (non-hydrogen) atoms. The van der Waals surface area contributed by atoms with Gasteiger partial charge in [-0.3, -0.25) is 9.48 Å². The van der Waals surface area contributed by atoms with Gasteiger partial charge in [-0.15, -0.1) is 0 Å². The highest BCUT2D eigenvalue weighted by molar-refractivity contribution is 6.31. The van der Waals surface area contributed by atoms with Gasteiger partial charge in [-0.05, 0) is 30.0 Å². The van der Waals surface area contributed by atoms with Crippen molar-refractivity contribution in [3.63, 3.8) is 0 Å². The molecule has 3 amide bonds. The average molecular weight is 447 g/mol. The zero-order chi connectivity index (χ0) is 23.1. The van der Waals surface area contributed by atoms with Crippen LogP contribution in [-0.4, -0.2) is 33.2 Å². The summed E-state index contributed by atoms with van der Waals surface area (Å²) in [5.41, 5.74) is 12.2. The number of nitriles is 1. The van der Waals surface area contributed by atoms with Gasteiger partial charge in [0, 0.05) is 18.5 Å². The molecule has 2 atom stereocenters. The second kappa shape index (κ2) is 8.19. The van der Waals surface area contributed by atoms with E-state index in [4.69, 9.17) is 28.3 Å². The van der Waals surface area contributed by atoms with E-state index in [-0.39, 0.29) is 35.3 Å². The Morgan fingerprint density at radius 2 is 2.03 bits per heavy atom. The zero-order valence-electron chi connectivity index (χ0n) is 17.5. The Bertz CT molecular complexity index is 1080. The highest BCUT2D eigenvalue weighted by atomic mass is 35.5. The monoisotopic (exact) mass is 446 g/mol. The molecule has 1 aliphatic rings. The van der Waals surface area contributed by atoms with E-state index < -0.39 is 29.2 Å². The number of carbonyl (C=O) groups is 2. The molecular formula is C21H24ClFN6O2. The number of nitrogens with zero attached hydrogens (tertiary/aromatic N) is 4. The number of nitrogens with two attached hydrogens (primary N) is 2. The Hall–Kier alpha value is -3.12. The van der Waals surface area contributed by atoms with Gasteiger partial charge >= 0.3 is 6.03 Å². The van der Waals surface area contributed by atoms with Crippen LogP contribution >= 0.6 is 11.6 Å². The Balaban J connectivity index is 2.34. The fourth-order valence-corrected chi connectivity index (χ4v) is 4.35. The summed E-state index contributed by atoms with van der Waals surface area (Å²) in [5, 5.41) is 13.6. The fraction of sp³-hybridized carbons (Fsp3) is 0.429. The summed E-state index contributed by atoms with van der Waals surface area (Å²) in [6.07, 6.45) is 0.619. The number of carbonyl (C=O) groups excluding carboxylic acids is 2. The van der Waals surface area contributed by atoms with E-state index in [1.807, 2.05) is 20.8 Å². The van der Waals surface area contributed by atoms with Crippen molar-refractivity contribution in [2.75, 3.05) is 6.54 Å². The van der Waals surface area contributed by atoms with Gasteiger partial charge in [-0.2, -0.15) is 10.4 Å². The number of benzene rings is 1. The van der Waals surface area contributed by atoms with Crippen molar-refractivity contribution < 1.29 is 14.0 Å². The van der Waals surface area contributed by atoms with E-state index in [1.54, 1.807) is 4.68 Å². The van der Waals surface area contributed by atoms with Gasteiger partial charge in [-0.1, -0.05) is 32.4 Å². The predicted molar refractivity (Wildman–Crippen MR) is 114 cm³/mol. The van der Waals surface area contributed by atoms with Crippen molar-refractivity contribution in [3.05, 3.63) is 40.3 Å². The topological polar surface area (TPSA) is 131 Å². The van der Waals surface area contributed by atoms with Gasteiger partial charge in [0.25, 0.3) is 5.91 Å². The number of hydrogen-bond acceptors (Lipinski definition) is 4. The highest BCUT2D eigenvalue weighted by Crippen LogP contribution is 2.46. The van der Waals surface area contributed by atoms with Crippen LogP contribution in [0.15, 0.2) is 18.2 Å². The smallest absolute Gasteiger partial charge is 0.315 e. The fourth-order valence-electron chi connectivity index (χ4n) is 4.17. The lowest BCUT2D eigenvalue weighted by atomic mass is 9.80. The minimum atomic E-state index is -0.740. The minimum Gasteiger partial charge on any atom is -0.365 e. The molecule has 0 radical (unpaired) electrons. The second-order valence-electron chi connectivity index (χ2n) is 8.66. The molecule has 3 rings (SSSR count). The van der Waals surface area contributed by atoms with Gasteiger partial charge < -0.3 is 16.4 Å².